The Morgan fingerprint density at radius 2 is 1.84 bits per heavy atom. The minimum atomic E-state index is -0.453. The Labute approximate surface area is 121 Å². The van der Waals surface area contributed by atoms with Crippen molar-refractivity contribution in [2.24, 2.45) is 5.73 Å². The van der Waals surface area contributed by atoms with Crippen LogP contribution in [0.15, 0.2) is 46.9 Å². The van der Waals surface area contributed by atoms with Crippen molar-refractivity contribution in [2.45, 2.75) is 25.8 Å². The summed E-state index contributed by atoms with van der Waals surface area (Å²) < 4.78 is 14.6. The molecular formula is C16H17BrFN. The molecule has 1 unspecified atom stereocenters. The van der Waals surface area contributed by atoms with Gasteiger partial charge in [0.15, 0.2) is 0 Å². The number of aryl methyl sites for hydroxylation is 1. The zero-order valence-corrected chi connectivity index (χ0v) is 12.5. The first-order valence-corrected chi connectivity index (χ1v) is 7.21. The summed E-state index contributed by atoms with van der Waals surface area (Å²) >= 11 is 3.36. The second-order valence-electron chi connectivity index (χ2n) is 4.60. The molecule has 1 nitrogen and oxygen atoms in total. The number of hydrogen-bond acceptors (Lipinski definition) is 1. The predicted molar refractivity (Wildman–Crippen MR) is 80.6 cm³/mol. The van der Waals surface area contributed by atoms with Crippen LogP contribution in [0.4, 0.5) is 4.39 Å². The van der Waals surface area contributed by atoms with Gasteiger partial charge in [0.1, 0.15) is 5.82 Å². The molecule has 0 aromatic heterocycles. The lowest BCUT2D eigenvalue weighted by atomic mass is 9.97. The SMILES string of the molecule is CCCc1ccc(C(N)c2c(F)cccc2Br)cc1. The van der Waals surface area contributed by atoms with Gasteiger partial charge in [0.2, 0.25) is 0 Å². The van der Waals surface area contributed by atoms with E-state index in [1.807, 2.05) is 18.2 Å². The second-order valence-corrected chi connectivity index (χ2v) is 5.46. The van der Waals surface area contributed by atoms with Gasteiger partial charge in [-0.2, -0.15) is 0 Å². The van der Waals surface area contributed by atoms with E-state index in [1.54, 1.807) is 6.07 Å². The number of benzene rings is 2. The molecule has 2 rings (SSSR count). The van der Waals surface area contributed by atoms with Crippen LogP contribution in [-0.4, -0.2) is 0 Å². The third kappa shape index (κ3) is 3.23. The number of hydrogen-bond donors (Lipinski definition) is 1. The van der Waals surface area contributed by atoms with Crippen LogP contribution in [0.25, 0.3) is 0 Å². The largest absolute Gasteiger partial charge is 0.320 e. The lowest BCUT2D eigenvalue weighted by Crippen LogP contribution is -2.14. The minimum Gasteiger partial charge on any atom is -0.320 e. The summed E-state index contributed by atoms with van der Waals surface area (Å²) in [5, 5.41) is 0. The Morgan fingerprint density at radius 1 is 1.16 bits per heavy atom. The summed E-state index contributed by atoms with van der Waals surface area (Å²) in [7, 11) is 0. The summed E-state index contributed by atoms with van der Waals surface area (Å²) in [6.07, 6.45) is 2.17. The van der Waals surface area contributed by atoms with E-state index in [9.17, 15) is 4.39 Å². The molecule has 0 bridgehead atoms. The van der Waals surface area contributed by atoms with E-state index in [4.69, 9.17) is 5.73 Å². The average Bonchev–Trinajstić information content (AvgIpc) is 2.39. The quantitative estimate of drug-likeness (QED) is 0.875. The molecular weight excluding hydrogens is 305 g/mol. The lowest BCUT2D eigenvalue weighted by molar-refractivity contribution is 0.598. The van der Waals surface area contributed by atoms with Crippen LogP contribution < -0.4 is 5.73 Å². The molecule has 0 aliphatic rings. The fourth-order valence-electron chi connectivity index (χ4n) is 2.15. The molecule has 2 aromatic rings. The zero-order valence-electron chi connectivity index (χ0n) is 10.9. The van der Waals surface area contributed by atoms with Crippen LogP contribution in [0.1, 0.15) is 36.1 Å². The highest BCUT2D eigenvalue weighted by atomic mass is 79.9. The molecule has 19 heavy (non-hydrogen) atoms. The molecule has 100 valence electrons. The molecule has 0 aliphatic heterocycles. The third-order valence-corrected chi connectivity index (χ3v) is 3.88. The maximum Gasteiger partial charge on any atom is 0.129 e. The molecule has 1 atom stereocenters. The van der Waals surface area contributed by atoms with Crippen LogP contribution >= 0.6 is 15.9 Å². The van der Waals surface area contributed by atoms with E-state index in [1.165, 1.54) is 11.6 Å². The molecule has 0 spiro atoms. The molecule has 0 saturated heterocycles. The van der Waals surface area contributed by atoms with Crippen molar-refractivity contribution in [3.63, 3.8) is 0 Å². The lowest BCUT2D eigenvalue weighted by Gasteiger charge is -2.15. The van der Waals surface area contributed by atoms with Gasteiger partial charge >= 0.3 is 0 Å². The van der Waals surface area contributed by atoms with E-state index >= 15 is 0 Å². The van der Waals surface area contributed by atoms with Gasteiger partial charge in [0.05, 0.1) is 6.04 Å². The molecule has 0 radical (unpaired) electrons. The molecule has 0 fully saturated rings. The molecule has 3 heteroatoms. The first-order chi connectivity index (χ1) is 9.13. The maximum atomic E-state index is 13.9. The van der Waals surface area contributed by atoms with Crippen molar-refractivity contribution < 1.29 is 4.39 Å². The van der Waals surface area contributed by atoms with Crippen molar-refractivity contribution in [3.8, 4) is 0 Å². The summed E-state index contributed by atoms with van der Waals surface area (Å²) in [6, 6.07) is 12.5. The molecule has 0 amide bonds. The number of rotatable bonds is 4. The summed E-state index contributed by atoms with van der Waals surface area (Å²) in [4.78, 5) is 0. The topological polar surface area (TPSA) is 26.0 Å². The first-order valence-electron chi connectivity index (χ1n) is 6.41. The molecule has 2 aromatic carbocycles. The van der Waals surface area contributed by atoms with Crippen molar-refractivity contribution in [1.82, 2.24) is 0 Å². The predicted octanol–water partition coefficient (Wildman–Crippen LogP) is 4.59. The molecule has 0 aliphatic carbocycles. The van der Waals surface area contributed by atoms with E-state index in [0.29, 0.717) is 10.0 Å². The molecule has 0 saturated carbocycles. The first kappa shape index (κ1) is 14.2. The fourth-order valence-corrected chi connectivity index (χ4v) is 2.74. The number of nitrogens with two attached hydrogens (primary N) is 1. The Balaban J connectivity index is 2.31. The average molecular weight is 322 g/mol. The van der Waals surface area contributed by atoms with Gasteiger partial charge in [-0.1, -0.05) is 59.6 Å². The number of halogens is 2. The fraction of sp³-hybridized carbons (Fsp3) is 0.250. The minimum absolute atomic E-state index is 0.278. The van der Waals surface area contributed by atoms with Crippen LogP contribution in [0.2, 0.25) is 0 Å². The monoisotopic (exact) mass is 321 g/mol. The highest BCUT2D eigenvalue weighted by Crippen LogP contribution is 2.29. The van der Waals surface area contributed by atoms with Gasteiger partial charge in [0.25, 0.3) is 0 Å². The van der Waals surface area contributed by atoms with Crippen LogP contribution in [0, 0.1) is 5.82 Å². The van der Waals surface area contributed by atoms with Gasteiger partial charge in [-0.05, 0) is 29.7 Å². The van der Waals surface area contributed by atoms with Gasteiger partial charge < -0.3 is 5.73 Å². The van der Waals surface area contributed by atoms with Crippen LogP contribution in [0.3, 0.4) is 0 Å². The highest BCUT2D eigenvalue weighted by Gasteiger charge is 2.16. The highest BCUT2D eigenvalue weighted by molar-refractivity contribution is 9.10. The van der Waals surface area contributed by atoms with Crippen LogP contribution in [0.5, 0.6) is 0 Å². The standard InChI is InChI=1S/C16H17BrFN/c1-2-4-11-7-9-12(10-8-11)16(19)15-13(17)5-3-6-14(15)18/h3,5-10,16H,2,4,19H2,1H3. The van der Waals surface area contributed by atoms with Crippen molar-refractivity contribution in [1.29, 1.82) is 0 Å². The Morgan fingerprint density at radius 3 is 2.42 bits per heavy atom. The maximum absolute atomic E-state index is 13.9. The summed E-state index contributed by atoms with van der Waals surface area (Å²) in [6.45, 7) is 2.15. The van der Waals surface area contributed by atoms with E-state index < -0.39 is 6.04 Å². The van der Waals surface area contributed by atoms with Crippen molar-refractivity contribution in [2.75, 3.05) is 0 Å². The Kier molecular flexibility index (Phi) is 4.72. The van der Waals surface area contributed by atoms with Gasteiger partial charge in [-0.3, -0.25) is 0 Å². The Hall–Kier alpha value is -1.19. The van der Waals surface area contributed by atoms with Gasteiger partial charge in [0, 0.05) is 10.0 Å². The molecule has 2 N–H and O–H groups in total. The van der Waals surface area contributed by atoms with Crippen LogP contribution in [-0.2, 0) is 6.42 Å². The van der Waals surface area contributed by atoms with Crippen molar-refractivity contribution in [3.05, 3.63) is 69.4 Å². The second kappa shape index (κ2) is 6.31. The smallest absolute Gasteiger partial charge is 0.129 e. The third-order valence-electron chi connectivity index (χ3n) is 3.19. The summed E-state index contributed by atoms with van der Waals surface area (Å²) in [5.74, 6) is -0.278. The van der Waals surface area contributed by atoms with Gasteiger partial charge in [-0.15, -0.1) is 0 Å². The normalized spacial score (nSPS) is 12.4. The summed E-state index contributed by atoms with van der Waals surface area (Å²) in [5.41, 5.74) is 8.88. The Bertz CT molecular complexity index is 531. The van der Waals surface area contributed by atoms with E-state index in [2.05, 4.69) is 35.0 Å². The van der Waals surface area contributed by atoms with E-state index in [0.717, 1.165) is 18.4 Å². The van der Waals surface area contributed by atoms with Crippen molar-refractivity contribution >= 4 is 15.9 Å². The zero-order chi connectivity index (χ0) is 13.8. The molecule has 0 heterocycles. The van der Waals surface area contributed by atoms with E-state index in [-0.39, 0.29) is 5.82 Å². The van der Waals surface area contributed by atoms with Gasteiger partial charge in [-0.25, -0.2) is 4.39 Å².